The minimum absolute atomic E-state index is 0. The summed E-state index contributed by atoms with van der Waals surface area (Å²) in [5, 5.41) is 0. The summed E-state index contributed by atoms with van der Waals surface area (Å²) in [5.74, 6) is 0. The monoisotopic (exact) mass is 1380 g/mol. The zero-order valence-electron chi connectivity index (χ0n) is 56.1. The van der Waals surface area contributed by atoms with E-state index in [1.54, 1.807) is 103 Å². The van der Waals surface area contributed by atoms with Crippen molar-refractivity contribution in [1.82, 2.24) is 0 Å². The van der Waals surface area contributed by atoms with Gasteiger partial charge in [0.05, 0.1) is 0 Å². The maximum absolute atomic E-state index is 3.67. The molecule has 4 aromatic carbocycles. The summed E-state index contributed by atoms with van der Waals surface area (Å²) >= 11 is 3.92. The van der Waals surface area contributed by atoms with Crippen molar-refractivity contribution in [2.75, 3.05) is 0 Å². The van der Waals surface area contributed by atoms with Crippen LogP contribution < -0.4 is 24.8 Å². The molecule has 0 unspecified atom stereocenters. The minimum atomic E-state index is 0. The summed E-state index contributed by atoms with van der Waals surface area (Å²) in [7, 11) is 0. The Hall–Kier alpha value is -1.38. The molecule has 12 rings (SSSR count). The normalized spacial score (nSPS) is 18.6. The third-order valence-corrected chi connectivity index (χ3v) is 37.1. The molecule has 0 aliphatic heterocycles. The Morgan fingerprint density at radius 2 is 0.640 bits per heavy atom. The van der Waals surface area contributed by atoms with E-state index in [9.17, 15) is 0 Å². The van der Waals surface area contributed by atoms with Crippen molar-refractivity contribution in [3.63, 3.8) is 0 Å². The Balaban J connectivity index is 0.000000198. The molecule has 0 atom stereocenters. The molecule has 86 heavy (non-hydrogen) atoms. The molecule has 0 N–H and O–H groups in total. The number of allylic oxidation sites excluding steroid dienone is 8. The predicted molar refractivity (Wildman–Crippen MR) is 362 cm³/mol. The van der Waals surface area contributed by atoms with Crippen LogP contribution in [0.2, 0.25) is 22.2 Å². The SMILES string of the molecule is CC(C)(C)c1[c-]c2c(cc1)-c1ccc(C(C)(C)C)cc1C2.CC(C)(C)c1[c-]c2c(cc1)-c1ccc(C(C)(C)C)cc1C2.[C-]1=CC=CC1.[C-]1=CC=CC1.[Cl-].[Cl-].[Zr+2]=[Si](C1CCCCCC1)C1CCCCCC1.[Zr+2]=[Si](C1CCCCCC1)C1CCCCCC1. The zero-order valence-corrected chi connectivity index (χ0v) is 64.5. The van der Waals surface area contributed by atoms with E-state index < -0.39 is 0 Å². The van der Waals surface area contributed by atoms with Crippen LogP contribution in [-0.4, -0.2) is 10.9 Å². The van der Waals surface area contributed by atoms with Gasteiger partial charge in [0, 0.05) is 0 Å². The van der Waals surface area contributed by atoms with Gasteiger partial charge < -0.3 is 24.8 Å². The molecule has 0 nitrogen and oxygen atoms in total. The van der Waals surface area contributed by atoms with Crippen molar-refractivity contribution in [1.29, 1.82) is 0 Å². The van der Waals surface area contributed by atoms with Gasteiger partial charge >= 0.3 is 234 Å². The van der Waals surface area contributed by atoms with Crippen LogP contribution in [0, 0.1) is 24.3 Å². The number of benzene rings is 4. The average Bonchev–Trinajstić information content (AvgIpc) is 1.87. The van der Waals surface area contributed by atoms with Crippen molar-refractivity contribution in [2.24, 2.45) is 0 Å². The fourth-order valence-corrected chi connectivity index (χ4v) is 27.7. The summed E-state index contributed by atoms with van der Waals surface area (Å²) in [6.07, 6.45) is 59.6. The van der Waals surface area contributed by atoms with Gasteiger partial charge in [0.1, 0.15) is 0 Å². The first-order chi connectivity index (χ1) is 40.1. The van der Waals surface area contributed by atoms with Gasteiger partial charge in [-0.1, -0.05) is 131 Å². The second-order valence-electron chi connectivity index (χ2n) is 30.3. The molecule has 4 aromatic rings. The van der Waals surface area contributed by atoms with E-state index in [4.69, 9.17) is 0 Å². The molecular formula is C80H112Cl2Si2Zr2-2. The summed E-state index contributed by atoms with van der Waals surface area (Å²) in [5.41, 5.74) is 22.4. The molecule has 0 saturated heterocycles. The molecule has 0 heterocycles. The van der Waals surface area contributed by atoms with Crippen LogP contribution >= 0.6 is 0 Å². The van der Waals surface area contributed by atoms with Crippen molar-refractivity contribution in [3.8, 4) is 22.3 Å². The first-order valence-corrected chi connectivity index (χ1v) is 44.8. The number of fused-ring (bicyclic) bond motifs is 6. The molecule has 0 amide bonds. The number of hydrogen-bond acceptors (Lipinski definition) is 0. The van der Waals surface area contributed by atoms with Gasteiger partial charge in [0.25, 0.3) is 0 Å². The second kappa shape index (κ2) is 36.8. The molecule has 0 bridgehead atoms. The van der Waals surface area contributed by atoms with Gasteiger partial charge in [-0.3, -0.25) is 12.2 Å². The molecule has 6 heteroatoms. The molecule has 8 aliphatic carbocycles. The Morgan fingerprint density at radius 1 is 0.360 bits per heavy atom. The number of rotatable bonds is 4. The van der Waals surface area contributed by atoms with Crippen LogP contribution in [0.1, 0.15) is 295 Å². The van der Waals surface area contributed by atoms with E-state index in [0.717, 1.165) is 25.7 Å². The van der Waals surface area contributed by atoms with Gasteiger partial charge in [-0.15, -0.1) is 35.1 Å². The van der Waals surface area contributed by atoms with E-state index in [-0.39, 0.29) is 57.3 Å². The average molecular weight is 1380 g/mol. The van der Waals surface area contributed by atoms with Crippen molar-refractivity contribution in [3.05, 3.63) is 166 Å². The van der Waals surface area contributed by atoms with Gasteiger partial charge in [-0.2, -0.15) is 59.7 Å². The number of halogens is 2. The molecule has 0 aromatic heterocycles. The number of hydrogen-bond donors (Lipinski definition) is 0. The van der Waals surface area contributed by atoms with E-state index in [0.29, 0.717) is 0 Å². The van der Waals surface area contributed by atoms with Crippen LogP contribution in [0.5, 0.6) is 0 Å². The van der Waals surface area contributed by atoms with Crippen LogP contribution in [-0.2, 0) is 81.2 Å². The molecule has 464 valence electrons. The zero-order chi connectivity index (χ0) is 60.3. The van der Waals surface area contributed by atoms with Crippen LogP contribution in [0.25, 0.3) is 22.3 Å². The Bertz CT molecular complexity index is 2460. The standard InChI is InChI=1S/2C21H25.2C14H26Si.2C5H5.2ClH.2Zr/c2*1-20(2,3)16-7-9-18-14(12-16)11-15-13-17(21(4,5)6)8-10-19(15)18;2*1-2-6-10-13(9-5-1)15-14-11-7-3-4-8-12-14;2*1-2-4-5-3-1;;;;/h2*7-10,12H,11H2,1-6H3;2*13-14H,1-12H2;2*1-3H,4H2;2*1H;;/q2*-1;;;2*-1;;;2*+2/p-2. The summed E-state index contributed by atoms with van der Waals surface area (Å²) in [6, 6.07) is 30.3. The molecule has 4 saturated carbocycles. The van der Waals surface area contributed by atoms with E-state index in [1.807, 2.05) is 71.0 Å². The van der Waals surface area contributed by atoms with Gasteiger partial charge in [0.2, 0.25) is 0 Å². The maximum atomic E-state index is 3.67. The fraction of sp³-hybridized carbons (Fsp3) is 0.600. The molecular weight excluding hydrogens is 1270 g/mol. The third kappa shape index (κ3) is 23.6. The molecule has 8 aliphatic rings. The summed E-state index contributed by atoms with van der Waals surface area (Å²) in [6.45, 7) is 27.2. The van der Waals surface area contributed by atoms with Crippen molar-refractivity contribution in [2.45, 2.75) is 307 Å². The van der Waals surface area contributed by atoms with Crippen LogP contribution in [0.3, 0.4) is 0 Å². The summed E-state index contributed by atoms with van der Waals surface area (Å²) < 4.78 is 0. The van der Waals surface area contributed by atoms with Crippen molar-refractivity contribution >= 4 is 10.9 Å². The molecule has 0 spiro atoms. The first kappa shape index (κ1) is 75.3. The third-order valence-electron chi connectivity index (χ3n) is 19.3. The van der Waals surface area contributed by atoms with Gasteiger partial charge in [-0.05, 0) is 56.8 Å². The van der Waals surface area contributed by atoms with Crippen LogP contribution in [0.4, 0.5) is 0 Å². The Kier molecular flexibility index (Phi) is 32.2. The van der Waals surface area contributed by atoms with Crippen LogP contribution in [0.15, 0.2) is 97.1 Å². The Labute approximate surface area is 571 Å². The summed E-state index contributed by atoms with van der Waals surface area (Å²) in [4.78, 5) is 0. The van der Waals surface area contributed by atoms with Gasteiger partial charge in [-0.25, -0.2) is 24.3 Å². The fourth-order valence-electron chi connectivity index (χ4n) is 13.8. The second-order valence-corrected chi connectivity index (χ2v) is 43.9. The molecule has 4 fully saturated rings. The van der Waals surface area contributed by atoms with Gasteiger partial charge in [0.15, 0.2) is 0 Å². The topological polar surface area (TPSA) is 0 Å². The predicted octanol–water partition coefficient (Wildman–Crippen LogP) is 17.9. The van der Waals surface area contributed by atoms with E-state index in [1.165, 1.54) is 140 Å². The Morgan fingerprint density at radius 3 is 0.860 bits per heavy atom. The quantitative estimate of drug-likeness (QED) is 0.0937. The van der Waals surface area contributed by atoms with E-state index in [2.05, 4.69) is 180 Å². The molecule has 0 radical (unpaired) electrons. The van der Waals surface area contributed by atoms with E-state index >= 15 is 0 Å². The first-order valence-electron chi connectivity index (χ1n) is 34.1. The van der Waals surface area contributed by atoms with Crippen molar-refractivity contribution < 1.29 is 71.5 Å².